The van der Waals surface area contributed by atoms with E-state index in [-0.39, 0.29) is 25.2 Å². The Kier molecular flexibility index (Phi) is 3.83. The molecule has 0 radical (unpaired) electrons. The van der Waals surface area contributed by atoms with Crippen LogP contribution in [0.3, 0.4) is 0 Å². The molecule has 1 aliphatic heterocycles. The fraction of sp³-hybridized carbons (Fsp3) is 0.500. The van der Waals surface area contributed by atoms with Gasteiger partial charge in [-0.2, -0.15) is 0 Å². The van der Waals surface area contributed by atoms with Gasteiger partial charge in [0.25, 0.3) is 0 Å². The number of nitrogens with zero attached hydrogens (tertiary/aromatic N) is 1. The number of rotatable bonds is 2. The van der Waals surface area contributed by atoms with E-state index in [0.29, 0.717) is 0 Å². The van der Waals surface area contributed by atoms with Gasteiger partial charge in [-0.05, 0) is 18.1 Å². The molecule has 0 spiro atoms. The summed E-state index contributed by atoms with van der Waals surface area (Å²) >= 11 is 7.14. The fourth-order valence-electron chi connectivity index (χ4n) is 2.48. The SMILES string of the molecule is CC1=CC2C(Br)=C(CO)C(CO)=C(Br)C2N1C. The molecule has 0 bridgehead atoms. The topological polar surface area (TPSA) is 43.7 Å². The number of hydrogen-bond acceptors (Lipinski definition) is 3. The molecule has 2 atom stereocenters. The van der Waals surface area contributed by atoms with Crippen molar-refractivity contribution in [2.24, 2.45) is 5.92 Å². The van der Waals surface area contributed by atoms with Gasteiger partial charge in [0.1, 0.15) is 0 Å². The molecule has 0 aromatic heterocycles. The smallest absolute Gasteiger partial charge is 0.0714 e. The lowest BCUT2D eigenvalue weighted by molar-refractivity contribution is 0.296. The van der Waals surface area contributed by atoms with Crippen molar-refractivity contribution < 1.29 is 10.2 Å². The maximum Gasteiger partial charge on any atom is 0.0714 e. The van der Waals surface area contributed by atoms with Crippen molar-refractivity contribution in [3.05, 3.63) is 31.9 Å². The molecule has 94 valence electrons. The van der Waals surface area contributed by atoms with Gasteiger partial charge in [0.15, 0.2) is 0 Å². The van der Waals surface area contributed by atoms with Gasteiger partial charge in [0, 0.05) is 27.6 Å². The van der Waals surface area contributed by atoms with Crippen LogP contribution in [-0.4, -0.2) is 41.4 Å². The van der Waals surface area contributed by atoms with Crippen molar-refractivity contribution in [1.29, 1.82) is 0 Å². The number of aliphatic hydroxyl groups excluding tert-OH is 2. The van der Waals surface area contributed by atoms with E-state index >= 15 is 0 Å². The summed E-state index contributed by atoms with van der Waals surface area (Å²) in [5.41, 5.74) is 2.78. The highest BCUT2D eigenvalue weighted by atomic mass is 79.9. The van der Waals surface area contributed by atoms with E-state index < -0.39 is 0 Å². The lowest BCUT2D eigenvalue weighted by Gasteiger charge is -2.34. The summed E-state index contributed by atoms with van der Waals surface area (Å²) in [6, 6.07) is 0.182. The molecule has 1 aliphatic carbocycles. The summed E-state index contributed by atoms with van der Waals surface area (Å²) in [6.45, 7) is 1.93. The molecule has 0 saturated carbocycles. The highest BCUT2D eigenvalue weighted by Crippen LogP contribution is 2.46. The molecule has 1 heterocycles. The van der Waals surface area contributed by atoms with E-state index in [9.17, 15) is 10.2 Å². The van der Waals surface area contributed by atoms with Crippen LogP contribution in [0.1, 0.15) is 6.92 Å². The molecule has 2 unspecified atom stereocenters. The third kappa shape index (κ3) is 1.93. The maximum atomic E-state index is 9.46. The molecule has 2 aliphatic rings. The van der Waals surface area contributed by atoms with Gasteiger partial charge in [0.05, 0.1) is 19.3 Å². The van der Waals surface area contributed by atoms with Crippen LogP contribution in [0.2, 0.25) is 0 Å². The summed E-state index contributed by atoms with van der Waals surface area (Å²) in [7, 11) is 2.04. The second kappa shape index (κ2) is 4.88. The Hall–Kier alpha value is -0.100. The van der Waals surface area contributed by atoms with Crippen LogP contribution in [0.25, 0.3) is 0 Å². The van der Waals surface area contributed by atoms with Crippen molar-refractivity contribution in [3.63, 3.8) is 0 Å². The lowest BCUT2D eigenvalue weighted by Crippen LogP contribution is -2.35. The molecule has 0 aromatic carbocycles. The van der Waals surface area contributed by atoms with Crippen LogP contribution < -0.4 is 0 Å². The first-order valence-electron chi connectivity index (χ1n) is 5.43. The molecular formula is C12H15Br2NO2. The first kappa shape index (κ1) is 13.3. The minimum Gasteiger partial charge on any atom is -0.392 e. The Balaban J connectivity index is 2.55. The normalized spacial score (nSPS) is 28.8. The molecule has 0 aromatic rings. The summed E-state index contributed by atoms with van der Waals surface area (Å²) in [5, 5.41) is 18.9. The maximum absolute atomic E-state index is 9.46. The third-order valence-corrected chi connectivity index (χ3v) is 5.50. The average Bonchev–Trinajstić information content (AvgIpc) is 2.60. The Morgan fingerprint density at radius 3 is 2.24 bits per heavy atom. The molecule has 2 rings (SSSR count). The van der Waals surface area contributed by atoms with Gasteiger partial charge in [-0.25, -0.2) is 0 Å². The van der Waals surface area contributed by atoms with Crippen molar-refractivity contribution >= 4 is 31.9 Å². The summed E-state index contributed by atoms with van der Waals surface area (Å²) in [4.78, 5) is 2.18. The number of aliphatic hydroxyl groups is 2. The molecule has 3 nitrogen and oxygen atoms in total. The standard InChI is InChI=1S/C12H15Br2NO2/c1-6-3-7-10(13)8(4-16)9(5-17)11(14)12(7)15(6)2/h3,7,12,16-17H,4-5H2,1-2H3. The minimum atomic E-state index is -0.0678. The highest BCUT2D eigenvalue weighted by Gasteiger charge is 2.40. The second-order valence-corrected chi connectivity index (χ2v) is 6.07. The molecule has 2 N–H and O–H groups in total. The van der Waals surface area contributed by atoms with E-state index in [1.807, 2.05) is 7.05 Å². The van der Waals surface area contributed by atoms with Crippen molar-refractivity contribution in [1.82, 2.24) is 4.90 Å². The van der Waals surface area contributed by atoms with E-state index in [2.05, 4.69) is 49.8 Å². The largest absolute Gasteiger partial charge is 0.392 e. The zero-order valence-corrected chi connectivity index (χ0v) is 12.9. The van der Waals surface area contributed by atoms with Gasteiger partial charge in [-0.3, -0.25) is 0 Å². The van der Waals surface area contributed by atoms with Crippen LogP contribution in [0, 0.1) is 5.92 Å². The average molecular weight is 365 g/mol. The van der Waals surface area contributed by atoms with Gasteiger partial charge < -0.3 is 15.1 Å². The lowest BCUT2D eigenvalue weighted by atomic mass is 9.88. The zero-order chi connectivity index (χ0) is 12.7. The number of halogens is 2. The fourth-order valence-corrected chi connectivity index (χ4v) is 4.18. The van der Waals surface area contributed by atoms with E-state index in [4.69, 9.17) is 0 Å². The van der Waals surface area contributed by atoms with E-state index in [1.54, 1.807) is 0 Å². The van der Waals surface area contributed by atoms with Gasteiger partial charge in [-0.1, -0.05) is 37.9 Å². The molecule has 5 heteroatoms. The van der Waals surface area contributed by atoms with Gasteiger partial charge in [-0.15, -0.1) is 0 Å². The number of fused-ring (bicyclic) bond motifs is 1. The molecule has 0 amide bonds. The Morgan fingerprint density at radius 1 is 1.18 bits per heavy atom. The minimum absolute atomic E-state index is 0.0641. The first-order valence-corrected chi connectivity index (χ1v) is 7.02. The Bertz CT molecular complexity index is 440. The number of allylic oxidation sites excluding steroid dienone is 1. The predicted molar refractivity (Wildman–Crippen MR) is 74.9 cm³/mol. The number of likely N-dealkylation sites (N-methyl/N-ethyl adjacent to an activating group) is 1. The van der Waals surface area contributed by atoms with Crippen LogP contribution in [0.15, 0.2) is 31.9 Å². The zero-order valence-electron chi connectivity index (χ0n) is 9.74. The van der Waals surface area contributed by atoms with Crippen molar-refractivity contribution in [2.75, 3.05) is 20.3 Å². The Labute approximate surface area is 118 Å². The van der Waals surface area contributed by atoms with Crippen LogP contribution >= 0.6 is 31.9 Å². The van der Waals surface area contributed by atoms with E-state index in [0.717, 1.165) is 20.1 Å². The van der Waals surface area contributed by atoms with Gasteiger partial charge in [0.2, 0.25) is 0 Å². The Morgan fingerprint density at radius 2 is 1.71 bits per heavy atom. The molecular weight excluding hydrogens is 350 g/mol. The van der Waals surface area contributed by atoms with Crippen LogP contribution in [0.5, 0.6) is 0 Å². The first-order chi connectivity index (χ1) is 8.02. The van der Waals surface area contributed by atoms with Crippen LogP contribution in [-0.2, 0) is 0 Å². The van der Waals surface area contributed by atoms with Crippen molar-refractivity contribution in [3.8, 4) is 0 Å². The quantitative estimate of drug-likeness (QED) is 0.788. The summed E-state index contributed by atoms with van der Waals surface area (Å²) in [5.74, 6) is 0.215. The molecule has 0 fully saturated rings. The molecule has 0 saturated heterocycles. The summed E-state index contributed by atoms with van der Waals surface area (Å²) in [6.07, 6.45) is 2.18. The predicted octanol–water partition coefficient (Wildman–Crippen LogP) is 2.12. The number of hydrogen-bond donors (Lipinski definition) is 2. The molecule has 17 heavy (non-hydrogen) atoms. The monoisotopic (exact) mass is 363 g/mol. The highest BCUT2D eigenvalue weighted by molar-refractivity contribution is 9.12. The van der Waals surface area contributed by atoms with E-state index in [1.165, 1.54) is 5.70 Å². The third-order valence-electron chi connectivity index (χ3n) is 3.54. The van der Waals surface area contributed by atoms with Crippen LogP contribution in [0.4, 0.5) is 0 Å². The second-order valence-electron chi connectivity index (χ2n) is 4.36. The van der Waals surface area contributed by atoms with Gasteiger partial charge >= 0.3 is 0 Å². The van der Waals surface area contributed by atoms with Crippen molar-refractivity contribution in [2.45, 2.75) is 13.0 Å². The summed E-state index contributed by atoms with van der Waals surface area (Å²) < 4.78 is 1.94.